The highest BCUT2D eigenvalue weighted by Gasteiger charge is 2.27. The van der Waals surface area contributed by atoms with Crippen LogP contribution in [-0.4, -0.2) is 25.6 Å². The van der Waals surface area contributed by atoms with Crippen LogP contribution in [0.1, 0.15) is 18.4 Å². The smallest absolute Gasteiger partial charge is 0.411 e. The highest BCUT2D eigenvalue weighted by Crippen LogP contribution is 2.23. The number of rotatable bonds is 7. The Balaban J connectivity index is 1.85. The summed E-state index contributed by atoms with van der Waals surface area (Å²) >= 11 is 0. The standard InChI is InChI=1S/C13H15F4NO2/c14-10-1-4-12(20-8-19-7-13(15,16)17)9(5-10)6-18-11-2-3-11/h1,4-5,11,18H,2-3,6-8H2. The van der Waals surface area contributed by atoms with Crippen molar-refractivity contribution in [3.8, 4) is 5.75 Å². The average molecular weight is 293 g/mol. The first-order chi connectivity index (χ1) is 9.44. The monoisotopic (exact) mass is 293 g/mol. The van der Waals surface area contributed by atoms with Gasteiger partial charge in [-0.15, -0.1) is 0 Å². The van der Waals surface area contributed by atoms with Gasteiger partial charge in [-0.3, -0.25) is 0 Å². The van der Waals surface area contributed by atoms with Crippen LogP contribution in [-0.2, 0) is 11.3 Å². The molecule has 0 radical (unpaired) electrons. The molecule has 20 heavy (non-hydrogen) atoms. The highest BCUT2D eigenvalue weighted by atomic mass is 19.4. The Morgan fingerprint density at radius 2 is 2.00 bits per heavy atom. The summed E-state index contributed by atoms with van der Waals surface area (Å²) in [7, 11) is 0. The Kier molecular flexibility index (Phi) is 4.82. The number of ether oxygens (including phenoxy) is 2. The van der Waals surface area contributed by atoms with Crippen molar-refractivity contribution in [1.82, 2.24) is 5.32 Å². The molecule has 1 saturated carbocycles. The van der Waals surface area contributed by atoms with Gasteiger partial charge in [0.15, 0.2) is 6.79 Å². The molecule has 0 unspecified atom stereocenters. The molecule has 0 atom stereocenters. The van der Waals surface area contributed by atoms with E-state index in [4.69, 9.17) is 4.74 Å². The summed E-state index contributed by atoms with van der Waals surface area (Å²) in [5.74, 6) is -0.0946. The zero-order valence-electron chi connectivity index (χ0n) is 10.7. The Hall–Kier alpha value is -1.34. The minimum atomic E-state index is -4.39. The fourth-order valence-electron chi connectivity index (χ4n) is 1.63. The molecule has 0 aliphatic heterocycles. The van der Waals surface area contributed by atoms with Crippen molar-refractivity contribution < 1.29 is 27.0 Å². The van der Waals surface area contributed by atoms with Gasteiger partial charge in [-0.1, -0.05) is 0 Å². The molecule has 1 N–H and O–H groups in total. The summed E-state index contributed by atoms with van der Waals surface area (Å²) in [5.41, 5.74) is 0.563. The summed E-state index contributed by atoms with van der Waals surface area (Å²) in [6.45, 7) is -1.48. The van der Waals surface area contributed by atoms with Crippen LogP contribution in [0.3, 0.4) is 0 Å². The maximum absolute atomic E-state index is 13.2. The zero-order valence-corrected chi connectivity index (χ0v) is 10.7. The Morgan fingerprint density at radius 3 is 2.65 bits per heavy atom. The second kappa shape index (κ2) is 6.41. The normalized spacial score (nSPS) is 15.4. The van der Waals surface area contributed by atoms with Gasteiger partial charge in [0.05, 0.1) is 0 Å². The predicted octanol–water partition coefficient (Wildman–Crippen LogP) is 2.99. The number of hydrogen-bond donors (Lipinski definition) is 1. The topological polar surface area (TPSA) is 30.5 Å². The van der Waals surface area contributed by atoms with Crippen molar-refractivity contribution in [2.75, 3.05) is 13.4 Å². The van der Waals surface area contributed by atoms with Crippen LogP contribution in [0.2, 0.25) is 0 Å². The lowest BCUT2D eigenvalue weighted by atomic mass is 10.2. The second-order valence-corrected chi connectivity index (χ2v) is 4.63. The average Bonchev–Trinajstić information content (AvgIpc) is 3.16. The first-order valence-electron chi connectivity index (χ1n) is 6.23. The number of nitrogens with one attached hydrogen (secondary N) is 1. The predicted molar refractivity (Wildman–Crippen MR) is 63.8 cm³/mol. The van der Waals surface area contributed by atoms with Gasteiger partial charge in [-0.05, 0) is 31.0 Å². The van der Waals surface area contributed by atoms with Crippen molar-refractivity contribution in [2.24, 2.45) is 0 Å². The van der Waals surface area contributed by atoms with E-state index in [1.165, 1.54) is 18.2 Å². The molecule has 0 spiro atoms. The molecule has 1 aromatic rings. The molecule has 1 aliphatic carbocycles. The number of benzene rings is 1. The van der Waals surface area contributed by atoms with Crippen LogP contribution in [0.5, 0.6) is 5.75 Å². The van der Waals surface area contributed by atoms with Crippen LogP contribution >= 0.6 is 0 Å². The number of alkyl halides is 3. The molecule has 0 saturated heterocycles. The van der Waals surface area contributed by atoms with E-state index < -0.39 is 25.4 Å². The lowest BCUT2D eigenvalue weighted by Crippen LogP contribution is -2.20. The highest BCUT2D eigenvalue weighted by molar-refractivity contribution is 5.34. The van der Waals surface area contributed by atoms with E-state index in [1.54, 1.807) is 0 Å². The molecule has 112 valence electrons. The fraction of sp³-hybridized carbons (Fsp3) is 0.538. The molecule has 1 aromatic carbocycles. The van der Waals surface area contributed by atoms with Gasteiger partial charge in [-0.2, -0.15) is 13.2 Å². The SMILES string of the molecule is Fc1ccc(OCOCC(F)(F)F)c(CNC2CC2)c1. The molecular formula is C13H15F4NO2. The first-order valence-corrected chi connectivity index (χ1v) is 6.23. The molecule has 1 fully saturated rings. The largest absolute Gasteiger partial charge is 0.467 e. The van der Waals surface area contributed by atoms with Crippen molar-refractivity contribution in [3.05, 3.63) is 29.6 Å². The quantitative estimate of drug-likeness (QED) is 0.476. The third-order valence-electron chi connectivity index (χ3n) is 2.74. The summed E-state index contributed by atoms with van der Waals surface area (Å²) < 4.78 is 58.3. The molecule has 0 heterocycles. The van der Waals surface area contributed by atoms with E-state index in [0.717, 1.165) is 12.8 Å². The van der Waals surface area contributed by atoms with Gasteiger partial charge in [0.2, 0.25) is 0 Å². The second-order valence-electron chi connectivity index (χ2n) is 4.63. The van der Waals surface area contributed by atoms with Crippen molar-refractivity contribution in [1.29, 1.82) is 0 Å². The molecule has 0 amide bonds. The Bertz CT molecular complexity index is 446. The summed E-state index contributed by atoms with van der Waals surface area (Å²) in [6.07, 6.45) is -2.22. The van der Waals surface area contributed by atoms with Gasteiger partial charge < -0.3 is 14.8 Å². The molecule has 1 aliphatic rings. The van der Waals surface area contributed by atoms with E-state index in [1.807, 2.05) is 0 Å². The maximum Gasteiger partial charge on any atom is 0.411 e. The molecule has 7 heteroatoms. The summed E-state index contributed by atoms with van der Waals surface area (Å²) in [6, 6.07) is 4.32. The molecule has 0 bridgehead atoms. The number of halogens is 4. The van der Waals surface area contributed by atoms with E-state index in [-0.39, 0.29) is 0 Å². The van der Waals surface area contributed by atoms with Gasteiger partial charge in [0.25, 0.3) is 0 Å². The van der Waals surface area contributed by atoms with Gasteiger partial charge in [0, 0.05) is 18.2 Å². The lowest BCUT2D eigenvalue weighted by Gasteiger charge is -2.13. The Morgan fingerprint density at radius 1 is 1.25 bits per heavy atom. The Labute approximate surface area is 113 Å². The van der Waals surface area contributed by atoms with Crippen molar-refractivity contribution in [3.63, 3.8) is 0 Å². The molecule has 3 nitrogen and oxygen atoms in total. The van der Waals surface area contributed by atoms with Crippen LogP contribution in [0, 0.1) is 5.82 Å². The summed E-state index contributed by atoms with van der Waals surface area (Å²) in [5, 5.41) is 3.19. The fourth-order valence-corrected chi connectivity index (χ4v) is 1.63. The third kappa shape index (κ3) is 5.34. The van der Waals surface area contributed by atoms with E-state index in [9.17, 15) is 17.6 Å². The van der Waals surface area contributed by atoms with E-state index in [2.05, 4.69) is 10.1 Å². The number of hydrogen-bond acceptors (Lipinski definition) is 3. The van der Waals surface area contributed by atoms with Gasteiger partial charge in [-0.25, -0.2) is 4.39 Å². The molecular weight excluding hydrogens is 278 g/mol. The van der Waals surface area contributed by atoms with Crippen LogP contribution in [0.25, 0.3) is 0 Å². The van der Waals surface area contributed by atoms with E-state index >= 15 is 0 Å². The lowest BCUT2D eigenvalue weighted by molar-refractivity contribution is -0.186. The zero-order chi connectivity index (χ0) is 14.6. The third-order valence-corrected chi connectivity index (χ3v) is 2.74. The molecule has 2 rings (SSSR count). The molecule has 0 aromatic heterocycles. The first kappa shape index (κ1) is 15.1. The van der Waals surface area contributed by atoms with Gasteiger partial charge >= 0.3 is 6.18 Å². The van der Waals surface area contributed by atoms with Crippen LogP contribution in [0.15, 0.2) is 18.2 Å². The summed E-state index contributed by atoms with van der Waals surface area (Å²) in [4.78, 5) is 0. The minimum absolute atomic E-state index is 0.321. The maximum atomic E-state index is 13.2. The van der Waals surface area contributed by atoms with Crippen LogP contribution in [0.4, 0.5) is 17.6 Å². The van der Waals surface area contributed by atoms with Crippen LogP contribution < -0.4 is 10.1 Å². The van der Waals surface area contributed by atoms with E-state index in [0.29, 0.717) is 23.9 Å². The van der Waals surface area contributed by atoms with Crippen molar-refractivity contribution in [2.45, 2.75) is 31.6 Å². The van der Waals surface area contributed by atoms with Crippen molar-refractivity contribution >= 4 is 0 Å². The minimum Gasteiger partial charge on any atom is -0.467 e. The van der Waals surface area contributed by atoms with Gasteiger partial charge in [0.1, 0.15) is 18.2 Å².